The molecule has 2 aromatic carbocycles. The van der Waals surface area contributed by atoms with Gasteiger partial charge in [-0.25, -0.2) is 0 Å². The van der Waals surface area contributed by atoms with Crippen molar-refractivity contribution in [2.45, 2.75) is 6.04 Å². The van der Waals surface area contributed by atoms with Crippen molar-refractivity contribution in [1.29, 1.82) is 0 Å². The summed E-state index contributed by atoms with van der Waals surface area (Å²) in [6.07, 6.45) is 0. The fraction of sp³-hybridized carbons (Fsp3) is 0.0769. The van der Waals surface area contributed by atoms with Crippen molar-refractivity contribution in [3.8, 4) is 5.75 Å². The second-order valence-electron chi connectivity index (χ2n) is 3.37. The molecule has 1 unspecified atom stereocenters. The zero-order valence-electron chi connectivity index (χ0n) is 8.17. The maximum Gasteiger partial charge on any atom is 0.120 e. The highest BCUT2D eigenvalue weighted by Crippen LogP contribution is 2.27. The van der Waals surface area contributed by atoms with Gasteiger partial charge in [-0.1, -0.05) is 48.5 Å². The van der Waals surface area contributed by atoms with Crippen LogP contribution >= 0.6 is 0 Å². The SMILES string of the molecule is [N]C(c1ccccc1)c1ccccc1O. The first-order valence-corrected chi connectivity index (χ1v) is 4.80. The van der Waals surface area contributed by atoms with Gasteiger partial charge in [0, 0.05) is 5.56 Å². The highest BCUT2D eigenvalue weighted by atomic mass is 16.3. The van der Waals surface area contributed by atoms with Gasteiger partial charge in [0.15, 0.2) is 0 Å². The molecule has 0 aliphatic heterocycles. The number of benzene rings is 2. The molecule has 0 spiro atoms. The van der Waals surface area contributed by atoms with Crippen molar-refractivity contribution in [1.82, 2.24) is 5.73 Å². The number of rotatable bonds is 2. The largest absolute Gasteiger partial charge is 0.508 e. The van der Waals surface area contributed by atoms with Crippen LogP contribution in [0.15, 0.2) is 54.6 Å². The monoisotopic (exact) mass is 197 g/mol. The van der Waals surface area contributed by atoms with Gasteiger partial charge in [-0.05, 0) is 11.6 Å². The highest BCUT2D eigenvalue weighted by Gasteiger charge is 2.13. The first kappa shape index (κ1) is 9.74. The van der Waals surface area contributed by atoms with Crippen LogP contribution in [0.5, 0.6) is 5.75 Å². The quantitative estimate of drug-likeness (QED) is 0.789. The van der Waals surface area contributed by atoms with Crippen molar-refractivity contribution in [3.63, 3.8) is 0 Å². The third kappa shape index (κ3) is 2.00. The molecule has 0 heterocycles. The molecule has 0 saturated heterocycles. The lowest BCUT2D eigenvalue weighted by atomic mass is 9.99. The van der Waals surface area contributed by atoms with E-state index >= 15 is 0 Å². The van der Waals surface area contributed by atoms with Gasteiger partial charge < -0.3 is 5.11 Å². The molecule has 2 heteroatoms. The van der Waals surface area contributed by atoms with Crippen LogP contribution in [0.4, 0.5) is 0 Å². The van der Waals surface area contributed by atoms with Crippen molar-refractivity contribution in [2.24, 2.45) is 0 Å². The van der Waals surface area contributed by atoms with Gasteiger partial charge >= 0.3 is 0 Å². The van der Waals surface area contributed by atoms with Gasteiger partial charge in [0.2, 0.25) is 0 Å². The average molecular weight is 197 g/mol. The van der Waals surface area contributed by atoms with Crippen LogP contribution in [-0.2, 0) is 0 Å². The Balaban J connectivity index is 2.37. The lowest BCUT2D eigenvalue weighted by molar-refractivity contribution is 0.464. The third-order valence-corrected chi connectivity index (χ3v) is 2.35. The normalized spacial score (nSPS) is 12.3. The van der Waals surface area contributed by atoms with Gasteiger partial charge in [0.05, 0.1) is 6.04 Å². The van der Waals surface area contributed by atoms with Gasteiger partial charge in [-0.2, -0.15) is 0 Å². The van der Waals surface area contributed by atoms with Gasteiger partial charge in [-0.3, -0.25) is 0 Å². The number of hydrogen-bond acceptors (Lipinski definition) is 1. The minimum absolute atomic E-state index is 0.119. The second kappa shape index (κ2) is 4.15. The van der Waals surface area contributed by atoms with Crippen LogP contribution in [0.1, 0.15) is 17.2 Å². The van der Waals surface area contributed by atoms with E-state index in [1.165, 1.54) is 0 Å². The topological polar surface area (TPSA) is 42.5 Å². The van der Waals surface area contributed by atoms with Crippen molar-refractivity contribution in [2.75, 3.05) is 0 Å². The Kier molecular flexibility index (Phi) is 2.70. The summed E-state index contributed by atoms with van der Waals surface area (Å²) in [5, 5.41) is 9.58. The molecule has 1 atom stereocenters. The molecule has 1 N–H and O–H groups in total. The van der Waals surface area contributed by atoms with Crippen molar-refractivity contribution in [3.05, 3.63) is 65.7 Å². The zero-order chi connectivity index (χ0) is 10.7. The van der Waals surface area contributed by atoms with Crippen LogP contribution < -0.4 is 5.73 Å². The number of phenols is 1. The molecule has 2 radical (unpaired) electrons. The van der Waals surface area contributed by atoms with E-state index in [9.17, 15) is 10.8 Å². The van der Waals surface area contributed by atoms with Crippen LogP contribution in [0.25, 0.3) is 0 Å². The van der Waals surface area contributed by atoms with Crippen LogP contribution in [-0.4, -0.2) is 5.11 Å². The summed E-state index contributed by atoms with van der Waals surface area (Å²) in [4.78, 5) is 0. The molecule has 0 fully saturated rings. The molecule has 15 heavy (non-hydrogen) atoms. The molecule has 0 saturated carbocycles. The predicted molar refractivity (Wildman–Crippen MR) is 58.5 cm³/mol. The Morgan fingerprint density at radius 1 is 0.867 bits per heavy atom. The van der Waals surface area contributed by atoms with E-state index in [2.05, 4.69) is 0 Å². The molecular formula is C13H11NO. The molecule has 0 aliphatic rings. The van der Waals surface area contributed by atoms with Crippen LogP contribution in [0.3, 0.4) is 0 Å². The van der Waals surface area contributed by atoms with Gasteiger partial charge in [-0.15, -0.1) is 5.73 Å². The van der Waals surface area contributed by atoms with E-state index in [-0.39, 0.29) is 5.75 Å². The predicted octanol–water partition coefficient (Wildman–Crippen LogP) is 2.55. The Labute approximate surface area is 89.0 Å². The van der Waals surface area contributed by atoms with Crippen molar-refractivity contribution < 1.29 is 5.11 Å². The van der Waals surface area contributed by atoms with E-state index in [0.29, 0.717) is 5.56 Å². The number of para-hydroxylation sites is 1. The minimum Gasteiger partial charge on any atom is -0.508 e. The molecule has 0 amide bonds. The molecule has 2 rings (SSSR count). The Hall–Kier alpha value is -1.80. The summed E-state index contributed by atoms with van der Waals surface area (Å²) in [6, 6.07) is 15.3. The molecular weight excluding hydrogens is 186 g/mol. The van der Waals surface area contributed by atoms with Crippen molar-refractivity contribution >= 4 is 0 Å². The fourth-order valence-corrected chi connectivity index (χ4v) is 1.53. The highest BCUT2D eigenvalue weighted by molar-refractivity contribution is 5.39. The molecule has 0 bridgehead atoms. The van der Waals surface area contributed by atoms with Gasteiger partial charge in [0.25, 0.3) is 0 Å². The average Bonchev–Trinajstić information content (AvgIpc) is 2.30. The summed E-state index contributed by atoms with van der Waals surface area (Å²) in [5.41, 5.74) is 11.3. The molecule has 0 aliphatic carbocycles. The lowest BCUT2D eigenvalue weighted by Gasteiger charge is -2.11. The minimum atomic E-state index is -0.771. The van der Waals surface area contributed by atoms with E-state index < -0.39 is 6.04 Å². The summed E-state index contributed by atoms with van der Waals surface area (Å²) in [7, 11) is 0. The summed E-state index contributed by atoms with van der Waals surface area (Å²) in [5.74, 6) is 0.119. The first-order chi connectivity index (χ1) is 7.29. The Morgan fingerprint density at radius 3 is 2.13 bits per heavy atom. The Bertz CT molecular complexity index is 439. The van der Waals surface area contributed by atoms with Gasteiger partial charge in [0.1, 0.15) is 5.75 Å². The molecule has 2 nitrogen and oxygen atoms in total. The molecule has 2 aromatic rings. The maximum atomic E-state index is 10.0. The fourth-order valence-electron chi connectivity index (χ4n) is 1.53. The smallest absolute Gasteiger partial charge is 0.120 e. The Morgan fingerprint density at radius 2 is 1.47 bits per heavy atom. The molecule has 74 valence electrons. The van der Waals surface area contributed by atoms with Crippen LogP contribution in [0, 0.1) is 0 Å². The van der Waals surface area contributed by atoms with Crippen LogP contribution in [0.2, 0.25) is 0 Å². The number of aromatic hydroxyl groups is 1. The summed E-state index contributed by atoms with van der Waals surface area (Å²) in [6.45, 7) is 0. The second-order valence-corrected chi connectivity index (χ2v) is 3.37. The number of nitrogens with zero attached hydrogens (tertiary/aromatic N) is 1. The number of hydrogen-bond donors (Lipinski definition) is 1. The lowest BCUT2D eigenvalue weighted by Crippen LogP contribution is -2.01. The third-order valence-electron chi connectivity index (χ3n) is 2.35. The summed E-state index contributed by atoms with van der Waals surface area (Å²) < 4.78 is 0. The summed E-state index contributed by atoms with van der Waals surface area (Å²) >= 11 is 0. The van der Waals surface area contributed by atoms with E-state index in [1.54, 1.807) is 24.3 Å². The number of phenolic OH excluding ortho intramolecular Hbond substituents is 1. The van der Waals surface area contributed by atoms with E-state index in [4.69, 9.17) is 0 Å². The van der Waals surface area contributed by atoms with E-state index in [0.717, 1.165) is 5.56 Å². The van der Waals surface area contributed by atoms with E-state index in [1.807, 2.05) is 30.3 Å². The molecule has 0 aromatic heterocycles. The standard InChI is InChI=1S/C13H11NO/c14-13(10-6-2-1-3-7-10)11-8-4-5-9-12(11)15/h1-9,13,15H. The zero-order valence-corrected chi connectivity index (χ0v) is 8.17. The maximum absolute atomic E-state index is 10.0. The first-order valence-electron chi connectivity index (χ1n) is 4.80.